The van der Waals surface area contributed by atoms with Gasteiger partial charge in [0.05, 0.1) is 0 Å². The van der Waals surface area contributed by atoms with Crippen LogP contribution in [0.15, 0.2) is 106 Å². The van der Waals surface area contributed by atoms with E-state index in [-0.39, 0.29) is 35.6 Å². The van der Waals surface area contributed by atoms with Gasteiger partial charge in [-0.15, -0.1) is 61.1 Å². The summed E-state index contributed by atoms with van der Waals surface area (Å²) in [6, 6.07) is 30.8. The average Bonchev–Trinajstić information content (AvgIpc) is 3.68. The van der Waals surface area contributed by atoms with Crippen molar-refractivity contribution < 1.29 is 24.2 Å². The molecule has 6 rings (SSSR count). The van der Waals surface area contributed by atoms with Gasteiger partial charge in [-0.3, -0.25) is 6.08 Å². The van der Waals surface area contributed by atoms with Crippen LogP contribution < -0.4 is 0 Å². The van der Waals surface area contributed by atoms with Crippen LogP contribution in [-0.4, -0.2) is 4.21 Å². The number of halogens is 4. The first kappa shape index (κ1) is 44.4. The molecule has 4 aromatic rings. The van der Waals surface area contributed by atoms with Gasteiger partial charge in [0.1, 0.15) is 0 Å². The van der Waals surface area contributed by atoms with E-state index in [1.165, 1.54) is 57.6 Å². The molecule has 4 aromatic carbocycles. The maximum absolute atomic E-state index is 3.74. The van der Waals surface area contributed by atoms with Gasteiger partial charge in [-0.1, -0.05) is 108 Å². The summed E-state index contributed by atoms with van der Waals surface area (Å²) in [6.45, 7) is 21.1. The van der Waals surface area contributed by atoms with Gasteiger partial charge in [-0.05, 0) is 26.3 Å². The topological polar surface area (TPSA) is 0 Å². The van der Waals surface area contributed by atoms with Crippen molar-refractivity contribution in [1.82, 2.24) is 0 Å². The third-order valence-corrected chi connectivity index (χ3v) is 8.00. The molecule has 0 amide bonds. The molecule has 0 radical (unpaired) electrons. The molecule has 0 saturated heterocycles. The second kappa shape index (κ2) is 21.4. The van der Waals surface area contributed by atoms with Crippen LogP contribution in [0.2, 0.25) is 0 Å². The molecule has 0 heterocycles. The zero-order valence-corrected chi connectivity index (χ0v) is 35.1. The predicted molar refractivity (Wildman–Crippen MR) is 211 cm³/mol. The maximum atomic E-state index is 3.74. The summed E-state index contributed by atoms with van der Waals surface area (Å²) >= 11 is 7.94. The molecule has 2 aliphatic rings. The molecular formula is C41H46Br2Cl2Zr-4. The Kier molecular flexibility index (Phi) is 20.6. The standard InChI is InChI=1S/C21H25.2C7H6Br.C5H5.CH2.2ClH.Zr/c1-20(2,3)16-9-7-14-11-15-8-10-17(21(4,5)6)13-19(15)18(14)12-16;2*1-6-2-4-7(8)5-3-6;1-2-4-5-3-1;;;;/h7,9-10,12-13H,11H2,1-6H3;2*2-5H,1H2;1-3H,4H2;1H2;2*1H;/q4*-1;;;;. The predicted octanol–water partition coefficient (Wildman–Crippen LogP) is 13.0. The van der Waals surface area contributed by atoms with E-state index in [9.17, 15) is 0 Å². The SMILES string of the molecule is CC(C)(C)c1c[c-]c2c(c1)-c1cc(C(C)(C)C)ccc1C2.Cl.Cl.[C-]1=CC=CC1.[CH2-]c1ccc(Br)cc1.[CH2-]c1ccc(Br)cc1.[CH2]=[Zr]. The van der Waals surface area contributed by atoms with Crippen molar-refractivity contribution in [1.29, 1.82) is 0 Å². The van der Waals surface area contributed by atoms with Crippen molar-refractivity contribution >= 4 is 60.9 Å². The van der Waals surface area contributed by atoms with Crippen molar-refractivity contribution in [2.75, 3.05) is 0 Å². The van der Waals surface area contributed by atoms with Crippen molar-refractivity contribution in [3.63, 3.8) is 0 Å². The average molecular weight is 861 g/mol. The van der Waals surface area contributed by atoms with Gasteiger partial charge in [0.25, 0.3) is 0 Å². The second-order valence-corrected chi connectivity index (χ2v) is 14.4. The molecule has 46 heavy (non-hydrogen) atoms. The van der Waals surface area contributed by atoms with Crippen LogP contribution >= 0.6 is 56.7 Å². The van der Waals surface area contributed by atoms with E-state index >= 15 is 0 Å². The third-order valence-electron chi connectivity index (χ3n) is 6.94. The summed E-state index contributed by atoms with van der Waals surface area (Å²) in [4.78, 5) is 0. The van der Waals surface area contributed by atoms with Gasteiger partial charge in [0.2, 0.25) is 0 Å². The fourth-order valence-electron chi connectivity index (χ4n) is 4.29. The Labute approximate surface area is 324 Å². The number of hydrogen-bond acceptors (Lipinski definition) is 0. The van der Waals surface area contributed by atoms with Crippen LogP contribution in [0.1, 0.15) is 81.3 Å². The molecule has 5 heteroatoms. The molecule has 246 valence electrons. The van der Waals surface area contributed by atoms with Crippen LogP contribution in [0.25, 0.3) is 11.1 Å². The number of hydrogen-bond donors (Lipinski definition) is 0. The van der Waals surface area contributed by atoms with Crippen LogP contribution in [-0.2, 0) is 41.5 Å². The summed E-state index contributed by atoms with van der Waals surface area (Å²) in [7, 11) is 0. The molecule has 0 N–H and O–H groups in total. The molecule has 0 nitrogen and oxygen atoms in total. The van der Waals surface area contributed by atoms with E-state index in [1.54, 1.807) is 0 Å². The monoisotopic (exact) mass is 856 g/mol. The van der Waals surface area contributed by atoms with Crippen molar-refractivity contribution in [3.05, 3.63) is 165 Å². The minimum absolute atomic E-state index is 0. The summed E-state index contributed by atoms with van der Waals surface area (Å²) in [6.07, 6.45) is 11.0. The number of rotatable bonds is 0. The zero-order valence-electron chi connectivity index (χ0n) is 27.8. The summed E-state index contributed by atoms with van der Waals surface area (Å²) in [5.41, 5.74) is 10.9. The van der Waals surface area contributed by atoms with Crippen molar-refractivity contribution in [3.8, 4) is 11.1 Å². The van der Waals surface area contributed by atoms with Crippen molar-refractivity contribution in [2.45, 2.75) is 65.2 Å². The van der Waals surface area contributed by atoms with E-state index < -0.39 is 0 Å². The molecule has 0 unspecified atom stereocenters. The van der Waals surface area contributed by atoms with Gasteiger partial charge in [-0.2, -0.15) is 84.6 Å². The van der Waals surface area contributed by atoms with E-state index in [0.29, 0.717) is 0 Å². The van der Waals surface area contributed by atoms with Gasteiger partial charge < -0.3 is 0 Å². The molecule has 0 aliphatic heterocycles. The first-order valence-electron chi connectivity index (χ1n) is 14.6. The number of fused-ring (bicyclic) bond motifs is 3. The minimum atomic E-state index is 0. The fraction of sp³-hybridized carbons (Fsp3) is 0.244. The van der Waals surface area contributed by atoms with E-state index in [2.05, 4.69) is 140 Å². The Hall–Kier alpha value is -1.61. The van der Waals surface area contributed by atoms with Gasteiger partial charge >= 0.3 is 28.4 Å². The first-order chi connectivity index (χ1) is 20.7. The Balaban J connectivity index is 0.000000669. The van der Waals surface area contributed by atoms with E-state index in [0.717, 1.165) is 32.9 Å². The van der Waals surface area contributed by atoms with Crippen LogP contribution in [0.5, 0.6) is 0 Å². The summed E-state index contributed by atoms with van der Waals surface area (Å²) in [5, 5.41) is 0. The normalized spacial score (nSPS) is 11.5. The molecule has 0 saturated carbocycles. The zero-order chi connectivity index (χ0) is 32.9. The van der Waals surface area contributed by atoms with Gasteiger partial charge in [0.15, 0.2) is 0 Å². The van der Waals surface area contributed by atoms with Crippen LogP contribution in [0.4, 0.5) is 0 Å². The van der Waals surface area contributed by atoms with Crippen LogP contribution in [0, 0.1) is 26.0 Å². The molecule has 0 spiro atoms. The Morgan fingerprint density at radius 1 is 0.696 bits per heavy atom. The molecule has 2 aliphatic carbocycles. The third kappa shape index (κ3) is 15.1. The molecule has 0 fully saturated rings. The second-order valence-electron chi connectivity index (χ2n) is 12.6. The van der Waals surface area contributed by atoms with Gasteiger partial charge in [-0.25, -0.2) is 12.2 Å². The first-order valence-corrected chi connectivity index (χ1v) is 18.0. The summed E-state index contributed by atoms with van der Waals surface area (Å²) < 4.78 is 5.54. The fourth-order valence-corrected chi connectivity index (χ4v) is 4.82. The van der Waals surface area contributed by atoms with Gasteiger partial charge in [0, 0.05) is 0 Å². The molecule has 0 aromatic heterocycles. The van der Waals surface area contributed by atoms with E-state index in [1.807, 2.05) is 60.7 Å². The molecule has 0 bridgehead atoms. The van der Waals surface area contributed by atoms with Crippen molar-refractivity contribution in [2.24, 2.45) is 0 Å². The quantitative estimate of drug-likeness (QED) is 0.136. The van der Waals surface area contributed by atoms with Crippen LogP contribution in [0.3, 0.4) is 0 Å². The Morgan fingerprint density at radius 2 is 1.17 bits per heavy atom. The molecular weight excluding hydrogens is 814 g/mol. The number of benzene rings is 4. The van der Waals surface area contributed by atoms with E-state index in [4.69, 9.17) is 0 Å². The molecule has 0 atom stereocenters. The Morgan fingerprint density at radius 3 is 1.54 bits per heavy atom. The summed E-state index contributed by atoms with van der Waals surface area (Å²) in [5.74, 6) is 0. The Bertz CT molecular complexity index is 1370. The number of allylic oxidation sites excluding steroid dienone is 4.